The summed E-state index contributed by atoms with van der Waals surface area (Å²) in [6.07, 6.45) is 4.09. The third-order valence-electron chi connectivity index (χ3n) is 5.16. The molecule has 0 aromatic carbocycles. The minimum Gasteiger partial charge on any atom is -0.376 e. The summed E-state index contributed by atoms with van der Waals surface area (Å²) < 4.78 is 5.81. The molecule has 106 valence electrons. The minimum absolute atomic E-state index is 0.271. The SMILES string of the molecule is CCC1COC(C)CN1C1(CN)CC(C(C)C)C1. The van der Waals surface area contributed by atoms with E-state index in [-0.39, 0.29) is 5.54 Å². The molecule has 0 spiro atoms. The van der Waals surface area contributed by atoms with Crippen molar-refractivity contribution < 1.29 is 4.74 Å². The molecule has 0 bridgehead atoms. The number of rotatable bonds is 4. The van der Waals surface area contributed by atoms with Crippen LogP contribution in [0.4, 0.5) is 0 Å². The zero-order valence-electron chi connectivity index (χ0n) is 12.5. The molecule has 1 heterocycles. The summed E-state index contributed by atoms with van der Waals surface area (Å²) in [5, 5.41) is 0. The summed E-state index contributed by atoms with van der Waals surface area (Å²) in [6.45, 7) is 11.9. The van der Waals surface area contributed by atoms with E-state index in [0.29, 0.717) is 12.1 Å². The Balaban J connectivity index is 2.07. The van der Waals surface area contributed by atoms with Gasteiger partial charge in [0, 0.05) is 24.7 Å². The molecular weight excluding hydrogens is 224 g/mol. The van der Waals surface area contributed by atoms with Gasteiger partial charge in [0.15, 0.2) is 0 Å². The molecule has 18 heavy (non-hydrogen) atoms. The number of hydrogen-bond acceptors (Lipinski definition) is 3. The van der Waals surface area contributed by atoms with E-state index in [2.05, 4.69) is 32.6 Å². The lowest BCUT2D eigenvalue weighted by Crippen LogP contribution is -2.68. The summed E-state index contributed by atoms with van der Waals surface area (Å²) in [5.41, 5.74) is 6.41. The van der Waals surface area contributed by atoms with Crippen molar-refractivity contribution in [2.45, 2.75) is 64.6 Å². The molecule has 2 rings (SSSR count). The van der Waals surface area contributed by atoms with Gasteiger partial charge in [0.05, 0.1) is 12.7 Å². The Morgan fingerprint density at radius 2 is 2.06 bits per heavy atom. The maximum absolute atomic E-state index is 6.14. The van der Waals surface area contributed by atoms with Crippen LogP contribution in [-0.2, 0) is 4.74 Å². The smallest absolute Gasteiger partial charge is 0.0675 e. The van der Waals surface area contributed by atoms with Gasteiger partial charge in [-0.1, -0.05) is 20.8 Å². The van der Waals surface area contributed by atoms with E-state index in [1.165, 1.54) is 19.3 Å². The Kier molecular flexibility index (Phi) is 4.35. The van der Waals surface area contributed by atoms with Crippen LogP contribution in [0.15, 0.2) is 0 Å². The van der Waals surface area contributed by atoms with Gasteiger partial charge in [0.2, 0.25) is 0 Å². The Morgan fingerprint density at radius 3 is 2.56 bits per heavy atom. The lowest BCUT2D eigenvalue weighted by atomic mass is 9.62. The largest absolute Gasteiger partial charge is 0.376 e. The van der Waals surface area contributed by atoms with Gasteiger partial charge in [0.1, 0.15) is 0 Å². The van der Waals surface area contributed by atoms with E-state index in [4.69, 9.17) is 10.5 Å². The highest BCUT2D eigenvalue weighted by Gasteiger charge is 2.51. The van der Waals surface area contributed by atoms with E-state index >= 15 is 0 Å². The summed E-state index contributed by atoms with van der Waals surface area (Å²) in [5.74, 6) is 1.66. The average molecular weight is 254 g/mol. The maximum atomic E-state index is 6.14. The van der Waals surface area contributed by atoms with Gasteiger partial charge >= 0.3 is 0 Å². The van der Waals surface area contributed by atoms with E-state index < -0.39 is 0 Å². The maximum Gasteiger partial charge on any atom is 0.0675 e. The van der Waals surface area contributed by atoms with E-state index in [0.717, 1.165) is 31.5 Å². The highest BCUT2D eigenvalue weighted by Crippen LogP contribution is 2.47. The second-order valence-corrected chi connectivity index (χ2v) is 6.70. The first-order chi connectivity index (χ1) is 8.52. The van der Waals surface area contributed by atoms with Gasteiger partial charge in [-0.25, -0.2) is 0 Å². The van der Waals surface area contributed by atoms with Crippen molar-refractivity contribution >= 4 is 0 Å². The van der Waals surface area contributed by atoms with Gasteiger partial charge in [0.25, 0.3) is 0 Å². The predicted octanol–water partition coefficient (Wildman–Crippen LogP) is 2.25. The van der Waals surface area contributed by atoms with Crippen LogP contribution in [0.5, 0.6) is 0 Å². The van der Waals surface area contributed by atoms with Crippen molar-refractivity contribution in [3.05, 3.63) is 0 Å². The van der Waals surface area contributed by atoms with Gasteiger partial charge in [-0.3, -0.25) is 4.90 Å². The Morgan fingerprint density at radius 1 is 1.39 bits per heavy atom. The number of nitrogens with zero attached hydrogens (tertiary/aromatic N) is 1. The van der Waals surface area contributed by atoms with Gasteiger partial charge < -0.3 is 10.5 Å². The summed E-state index contributed by atoms with van der Waals surface area (Å²) in [7, 11) is 0. The summed E-state index contributed by atoms with van der Waals surface area (Å²) in [6, 6.07) is 0.567. The molecule has 0 aromatic rings. The highest BCUT2D eigenvalue weighted by molar-refractivity contribution is 5.06. The van der Waals surface area contributed by atoms with Crippen molar-refractivity contribution in [3.8, 4) is 0 Å². The summed E-state index contributed by atoms with van der Waals surface area (Å²) >= 11 is 0. The minimum atomic E-state index is 0.271. The fraction of sp³-hybridized carbons (Fsp3) is 1.00. The monoisotopic (exact) mass is 254 g/mol. The van der Waals surface area contributed by atoms with Crippen LogP contribution in [-0.4, -0.2) is 42.3 Å². The Bertz CT molecular complexity index is 274. The van der Waals surface area contributed by atoms with Gasteiger partial charge in [-0.05, 0) is 38.0 Å². The van der Waals surface area contributed by atoms with E-state index in [1.807, 2.05) is 0 Å². The molecule has 3 heteroatoms. The van der Waals surface area contributed by atoms with Crippen LogP contribution in [0, 0.1) is 11.8 Å². The third-order valence-corrected chi connectivity index (χ3v) is 5.16. The molecule has 1 aliphatic carbocycles. The lowest BCUT2D eigenvalue weighted by Gasteiger charge is -2.59. The normalized spacial score (nSPS) is 42.0. The molecule has 2 atom stereocenters. The molecule has 0 radical (unpaired) electrons. The second kappa shape index (κ2) is 5.48. The number of nitrogens with two attached hydrogens (primary N) is 1. The Hall–Kier alpha value is -0.120. The molecule has 2 unspecified atom stereocenters. The predicted molar refractivity (Wildman–Crippen MR) is 75.5 cm³/mol. The number of morpholine rings is 1. The molecule has 2 fully saturated rings. The first-order valence-electron chi connectivity index (χ1n) is 7.61. The molecule has 2 N–H and O–H groups in total. The molecule has 2 aliphatic rings. The zero-order chi connectivity index (χ0) is 13.3. The second-order valence-electron chi connectivity index (χ2n) is 6.70. The number of ether oxygens (including phenoxy) is 1. The van der Waals surface area contributed by atoms with Crippen molar-refractivity contribution in [3.63, 3.8) is 0 Å². The fourth-order valence-corrected chi connectivity index (χ4v) is 3.67. The van der Waals surface area contributed by atoms with Gasteiger partial charge in [-0.15, -0.1) is 0 Å². The number of hydrogen-bond donors (Lipinski definition) is 1. The van der Waals surface area contributed by atoms with Crippen LogP contribution in [0.3, 0.4) is 0 Å². The van der Waals surface area contributed by atoms with Crippen molar-refractivity contribution in [2.75, 3.05) is 19.7 Å². The standard InChI is InChI=1S/C15H30N2O/c1-5-14-9-18-12(4)8-17(14)15(10-16)6-13(7-15)11(2)3/h11-14H,5-10,16H2,1-4H3. The van der Waals surface area contributed by atoms with Crippen LogP contribution in [0.25, 0.3) is 0 Å². The van der Waals surface area contributed by atoms with Crippen molar-refractivity contribution in [1.29, 1.82) is 0 Å². The van der Waals surface area contributed by atoms with Crippen LogP contribution in [0.2, 0.25) is 0 Å². The van der Waals surface area contributed by atoms with Crippen molar-refractivity contribution in [2.24, 2.45) is 17.6 Å². The van der Waals surface area contributed by atoms with Gasteiger partial charge in [-0.2, -0.15) is 0 Å². The molecule has 1 saturated carbocycles. The van der Waals surface area contributed by atoms with Crippen LogP contribution in [0.1, 0.15) is 47.0 Å². The molecular formula is C15H30N2O. The highest BCUT2D eigenvalue weighted by atomic mass is 16.5. The molecule has 1 saturated heterocycles. The summed E-state index contributed by atoms with van der Waals surface area (Å²) in [4.78, 5) is 2.68. The first kappa shape index (κ1) is 14.3. The molecule has 1 aliphatic heterocycles. The zero-order valence-corrected chi connectivity index (χ0v) is 12.5. The lowest BCUT2D eigenvalue weighted by molar-refractivity contribution is -0.138. The average Bonchev–Trinajstić information content (AvgIpc) is 2.28. The topological polar surface area (TPSA) is 38.5 Å². The molecule has 0 aromatic heterocycles. The fourth-order valence-electron chi connectivity index (χ4n) is 3.67. The quantitative estimate of drug-likeness (QED) is 0.836. The van der Waals surface area contributed by atoms with Crippen LogP contribution < -0.4 is 5.73 Å². The Labute approximate surface area is 112 Å². The first-order valence-corrected chi connectivity index (χ1v) is 7.61. The van der Waals surface area contributed by atoms with E-state index in [1.54, 1.807) is 0 Å². The van der Waals surface area contributed by atoms with E-state index in [9.17, 15) is 0 Å². The third kappa shape index (κ3) is 2.45. The molecule has 3 nitrogen and oxygen atoms in total. The van der Waals surface area contributed by atoms with Crippen molar-refractivity contribution in [1.82, 2.24) is 4.90 Å². The van der Waals surface area contributed by atoms with Crippen LogP contribution >= 0.6 is 0 Å². The molecule has 0 amide bonds.